The normalized spacial score (nSPS) is 25.4. The molecule has 2 unspecified atom stereocenters. The van der Waals surface area contributed by atoms with E-state index in [1.165, 1.54) is 6.92 Å². The van der Waals surface area contributed by atoms with Crippen LogP contribution in [0.15, 0.2) is 0 Å². The van der Waals surface area contributed by atoms with Crippen molar-refractivity contribution in [3.05, 3.63) is 0 Å². The van der Waals surface area contributed by atoms with Crippen molar-refractivity contribution in [1.29, 1.82) is 0 Å². The lowest BCUT2D eigenvalue weighted by molar-refractivity contribution is -0.149. The highest BCUT2D eigenvalue weighted by atomic mass is 19.1. The molecule has 1 rings (SSSR count). The molecule has 1 saturated carbocycles. The SMILES string of the molecule is CC(F)C(N)(C(=O)O)C1CCCCC1. The largest absolute Gasteiger partial charge is 0.480 e. The van der Waals surface area contributed by atoms with Gasteiger partial charge in [0.15, 0.2) is 0 Å². The van der Waals surface area contributed by atoms with Gasteiger partial charge in [-0.1, -0.05) is 19.3 Å². The van der Waals surface area contributed by atoms with E-state index in [0.29, 0.717) is 0 Å². The van der Waals surface area contributed by atoms with Crippen molar-refractivity contribution < 1.29 is 14.3 Å². The summed E-state index contributed by atoms with van der Waals surface area (Å²) in [6.45, 7) is 1.24. The van der Waals surface area contributed by atoms with E-state index in [-0.39, 0.29) is 5.92 Å². The standard InChI is InChI=1S/C10H18FNO2/c1-7(11)10(12,9(13)14)8-5-3-2-4-6-8/h7-8H,2-6,12H2,1H3,(H,13,14). The Morgan fingerprint density at radius 1 is 1.50 bits per heavy atom. The number of nitrogens with two attached hydrogens (primary N) is 1. The Bertz CT molecular complexity index is 214. The van der Waals surface area contributed by atoms with Crippen LogP contribution >= 0.6 is 0 Å². The van der Waals surface area contributed by atoms with Gasteiger partial charge in [0.25, 0.3) is 0 Å². The molecule has 1 aliphatic carbocycles. The summed E-state index contributed by atoms with van der Waals surface area (Å²) in [6.07, 6.45) is 3.00. The van der Waals surface area contributed by atoms with E-state index >= 15 is 0 Å². The van der Waals surface area contributed by atoms with E-state index in [9.17, 15) is 9.18 Å². The molecule has 0 spiro atoms. The average Bonchev–Trinajstić information content (AvgIpc) is 2.17. The molecule has 4 heteroatoms. The molecule has 3 N–H and O–H groups in total. The van der Waals surface area contributed by atoms with Gasteiger partial charge in [-0.3, -0.25) is 4.79 Å². The maximum Gasteiger partial charge on any atom is 0.327 e. The molecule has 0 bridgehead atoms. The quantitative estimate of drug-likeness (QED) is 0.734. The number of hydrogen-bond donors (Lipinski definition) is 2. The second kappa shape index (κ2) is 4.26. The van der Waals surface area contributed by atoms with E-state index < -0.39 is 17.7 Å². The average molecular weight is 203 g/mol. The zero-order chi connectivity index (χ0) is 10.8. The molecule has 0 aliphatic heterocycles. The zero-order valence-electron chi connectivity index (χ0n) is 8.50. The van der Waals surface area contributed by atoms with Crippen LogP contribution in [0.5, 0.6) is 0 Å². The fraction of sp³-hybridized carbons (Fsp3) is 0.900. The van der Waals surface area contributed by atoms with Gasteiger partial charge in [0.1, 0.15) is 11.7 Å². The predicted molar refractivity (Wildman–Crippen MR) is 51.7 cm³/mol. The molecule has 0 saturated heterocycles. The van der Waals surface area contributed by atoms with Crippen molar-refractivity contribution in [1.82, 2.24) is 0 Å². The van der Waals surface area contributed by atoms with Gasteiger partial charge in [-0.25, -0.2) is 4.39 Å². The number of aliphatic carboxylic acids is 1. The summed E-state index contributed by atoms with van der Waals surface area (Å²) in [4.78, 5) is 11.0. The number of alkyl halides is 1. The Kier molecular flexibility index (Phi) is 3.48. The molecule has 0 radical (unpaired) electrons. The summed E-state index contributed by atoms with van der Waals surface area (Å²) >= 11 is 0. The van der Waals surface area contributed by atoms with Crippen LogP contribution < -0.4 is 5.73 Å². The van der Waals surface area contributed by atoms with Crippen molar-refractivity contribution in [3.63, 3.8) is 0 Å². The number of rotatable bonds is 3. The van der Waals surface area contributed by atoms with Crippen molar-refractivity contribution in [2.24, 2.45) is 11.7 Å². The molecule has 0 aromatic heterocycles. The Labute approximate surface area is 83.5 Å². The minimum absolute atomic E-state index is 0.214. The Morgan fingerprint density at radius 3 is 2.36 bits per heavy atom. The second-order valence-electron chi connectivity index (χ2n) is 4.19. The lowest BCUT2D eigenvalue weighted by Crippen LogP contribution is -2.60. The van der Waals surface area contributed by atoms with Crippen LogP contribution in [-0.2, 0) is 4.79 Å². The summed E-state index contributed by atoms with van der Waals surface area (Å²) in [5.74, 6) is -1.42. The van der Waals surface area contributed by atoms with E-state index in [0.717, 1.165) is 32.1 Å². The van der Waals surface area contributed by atoms with Crippen molar-refractivity contribution in [2.75, 3.05) is 0 Å². The molecule has 1 aliphatic rings. The van der Waals surface area contributed by atoms with Gasteiger partial charge in [-0.2, -0.15) is 0 Å². The van der Waals surface area contributed by atoms with Crippen LogP contribution in [0.3, 0.4) is 0 Å². The van der Waals surface area contributed by atoms with E-state index in [1.54, 1.807) is 0 Å². The topological polar surface area (TPSA) is 63.3 Å². The van der Waals surface area contributed by atoms with Gasteiger partial charge < -0.3 is 10.8 Å². The summed E-state index contributed by atoms with van der Waals surface area (Å²) in [5, 5.41) is 8.99. The van der Waals surface area contributed by atoms with Crippen molar-refractivity contribution >= 4 is 5.97 Å². The van der Waals surface area contributed by atoms with E-state index in [1.807, 2.05) is 0 Å². The first-order chi connectivity index (χ1) is 6.49. The molecule has 1 fully saturated rings. The predicted octanol–water partition coefficient (Wildman–Crippen LogP) is 1.71. The van der Waals surface area contributed by atoms with Gasteiger partial charge in [0, 0.05) is 0 Å². The molecular formula is C10H18FNO2. The highest BCUT2D eigenvalue weighted by Crippen LogP contribution is 2.34. The lowest BCUT2D eigenvalue weighted by Gasteiger charge is -2.37. The third kappa shape index (κ3) is 1.90. The maximum absolute atomic E-state index is 13.3. The summed E-state index contributed by atoms with van der Waals surface area (Å²) in [7, 11) is 0. The van der Waals surface area contributed by atoms with Gasteiger partial charge >= 0.3 is 5.97 Å². The summed E-state index contributed by atoms with van der Waals surface area (Å²) in [6, 6.07) is 0. The molecule has 3 nitrogen and oxygen atoms in total. The van der Waals surface area contributed by atoms with E-state index in [2.05, 4.69) is 0 Å². The highest BCUT2D eigenvalue weighted by Gasteiger charge is 2.47. The van der Waals surface area contributed by atoms with Crippen LogP contribution in [0.2, 0.25) is 0 Å². The van der Waals surface area contributed by atoms with Crippen LogP contribution in [0.1, 0.15) is 39.0 Å². The van der Waals surface area contributed by atoms with Gasteiger partial charge in [-0.15, -0.1) is 0 Å². The maximum atomic E-state index is 13.3. The molecule has 82 valence electrons. The fourth-order valence-corrected chi connectivity index (χ4v) is 2.25. The molecular weight excluding hydrogens is 185 g/mol. The Morgan fingerprint density at radius 2 is 2.00 bits per heavy atom. The van der Waals surface area contributed by atoms with Gasteiger partial charge in [0.2, 0.25) is 0 Å². The molecule has 14 heavy (non-hydrogen) atoms. The minimum Gasteiger partial charge on any atom is -0.480 e. The zero-order valence-corrected chi connectivity index (χ0v) is 8.50. The first-order valence-corrected chi connectivity index (χ1v) is 5.16. The number of carboxylic acid groups (broad SMARTS) is 1. The first kappa shape index (κ1) is 11.4. The van der Waals surface area contributed by atoms with Gasteiger partial charge in [-0.05, 0) is 25.7 Å². The van der Waals surface area contributed by atoms with Crippen molar-refractivity contribution in [3.8, 4) is 0 Å². The first-order valence-electron chi connectivity index (χ1n) is 5.16. The summed E-state index contributed by atoms with van der Waals surface area (Å²) in [5.41, 5.74) is 4.00. The van der Waals surface area contributed by atoms with Crippen LogP contribution in [0.4, 0.5) is 4.39 Å². The van der Waals surface area contributed by atoms with E-state index in [4.69, 9.17) is 10.8 Å². The molecule has 2 atom stereocenters. The van der Waals surface area contributed by atoms with Crippen molar-refractivity contribution in [2.45, 2.75) is 50.7 Å². The smallest absolute Gasteiger partial charge is 0.327 e. The number of hydrogen-bond acceptors (Lipinski definition) is 2. The molecule has 0 aromatic rings. The number of carboxylic acids is 1. The number of carbonyl (C=O) groups is 1. The third-order valence-electron chi connectivity index (χ3n) is 3.31. The minimum atomic E-state index is -1.68. The molecule has 0 heterocycles. The lowest BCUT2D eigenvalue weighted by atomic mass is 9.73. The number of halogens is 1. The Hall–Kier alpha value is -0.640. The molecule has 0 amide bonds. The Balaban J connectivity index is 2.80. The fourth-order valence-electron chi connectivity index (χ4n) is 2.25. The van der Waals surface area contributed by atoms with Crippen LogP contribution in [-0.4, -0.2) is 22.8 Å². The second-order valence-corrected chi connectivity index (χ2v) is 4.19. The molecule has 0 aromatic carbocycles. The highest BCUT2D eigenvalue weighted by molar-refractivity contribution is 5.79. The third-order valence-corrected chi connectivity index (χ3v) is 3.31. The van der Waals surface area contributed by atoms with Crippen LogP contribution in [0, 0.1) is 5.92 Å². The van der Waals surface area contributed by atoms with Crippen LogP contribution in [0.25, 0.3) is 0 Å². The monoisotopic (exact) mass is 203 g/mol. The summed E-state index contributed by atoms with van der Waals surface area (Å²) < 4.78 is 13.3. The van der Waals surface area contributed by atoms with Gasteiger partial charge in [0.05, 0.1) is 0 Å².